The van der Waals surface area contributed by atoms with E-state index in [1.807, 2.05) is 48.5 Å². The largest absolute Gasteiger partial charge is 0.493 e. The summed E-state index contributed by atoms with van der Waals surface area (Å²) in [4.78, 5) is 17.2. The van der Waals surface area contributed by atoms with Gasteiger partial charge in [0.2, 0.25) is 0 Å². The van der Waals surface area contributed by atoms with Gasteiger partial charge in [0.05, 0.1) is 30.3 Å². The number of anilines is 1. The Balaban J connectivity index is 1.47. The molecule has 6 nitrogen and oxygen atoms in total. The summed E-state index contributed by atoms with van der Waals surface area (Å²) in [6, 6.07) is 23.8. The molecule has 0 radical (unpaired) electrons. The van der Waals surface area contributed by atoms with Crippen LogP contribution in [0.5, 0.6) is 23.0 Å². The van der Waals surface area contributed by atoms with E-state index >= 15 is 0 Å². The van der Waals surface area contributed by atoms with Crippen molar-refractivity contribution in [2.24, 2.45) is 0 Å². The summed E-state index contributed by atoms with van der Waals surface area (Å²) < 4.78 is 17.1. The zero-order chi connectivity index (χ0) is 24.4. The molecule has 35 heavy (non-hydrogen) atoms. The predicted octanol–water partition coefficient (Wildman–Crippen LogP) is 7.10. The first-order valence-corrected chi connectivity index (χ1v) is 11.2. The van der Waals surface area contributed by atoms with Crippen LogP contribution in [-0.4, -0.2) is 25.1 Å². The standard InChI is InChI=1S/C28H21ClN2O4/c1-33-26-15-21-24(16-27(26)34-2)30-13-12-25(21)35-18-10-11-19-17(14-18)6-5-9-23(19)31-28(32)20-7-3-4-8-22(20)29/h3-16H,1-2H3,(H,31,32). The van der Waals surface area contributed by atoms with Crippen molar-refractivity contribution >= 4 is 44.9 Å². The molecule has 1 aromatic heterocycles. The van der Waals surface area contributed by atoms with Crippen molar-refractivity contribution in [3.63, 3.8) is 0 Å². The molecule has 0 aliphatic heterocycles. The lowest BCUT2D eigenvalue weighted by molar-refractivity contribution is 0.102. The van der Waals surface area contributed by atoms with Crippen LogP contribution in [0.2, 0.25) is 5.02 Å². The van der Waals surface area contributed by atoms with Crippen molar-refractivity contribution in [3.8, 4) is 23.0 Å². The molecule has 0 fully saturated rings. The van der Waals surface area contributed by atoms with Gasteiger partial charge in [-0.2, -0.15) is 0 Å². The maximum atomic E-state index is 12.8. The van der Waals surface area contributed by atoms with Crippen LogP contribution in [0.1, 0.15) is 10.4 Å². The molecule has 4 aromatic carbocycles. The number of hydrogen-bond acceptors (Lipinski definition) is 5. The van der Waals surface area contributed by atoms with Crippen molar-refractivity contribution in [2.75, 3.05) is 19.5 Å². The van der Waals surface area contributed by atoms with E-state index in [1.54, 1.807) is 50.7 Å². The molecule has 0 aliphatic carbocycles. The summed E-state index contributed by atoms with van der Waals surface area (Å²) >= 11 is 6.18. The minimum Gasteiger partial charge on any atom is -0.493 e. The van der Waals surface area contributed by atoms with Crippen LogP contribution in [0.25, 0.3) is 21.7 Å². The number of amides is 1. The molecule has 1 amide bonds. The summed E-state index contributed by atoms with van der Waals surface area (Å²) in [5.41, 5.74) is 1.83. The number of ether oxygens (including phenoxy) is 3. The van der Waals surface area contributed by atoms with Gasteiger partial charge < -0.3 is 19.5 Å². The van der Waals surface area contributed by atoms with Gasteiger partial charge in [0, 0.05) is 28.7 Å². The Morgan fingerprint density at radius 3 is 2.43 bits per heavy atom. The molecule has 5 aromatic rings. The van der Waals surface area contributed by atoms with Crippen molar-refractivity contribution in [1.82, 2.24) is 4.98 Å². The molecule has 0 atom stereocenters. The van der Waals surface area contributed by atoms with E-state index in [-0.39, 0.29) is 5.91 Å². The number of aromatic nitrogens is 1. The fraction of sp³-hybridized carbons (Fsp3) is 0.0714. The second-order valence-electron chi connectivity index (χ2n) is 7.76. The number of halogens is 1. The van der Waals surface area contributed by atoms with Crippen molar-refractivity contribution < 1.29 is 19.0 Å². The Morgan fingerprint density at radius 2 is 1.63 bits per heavy atom. The number of fused-ring (bicyclic) bond motifs is 2. The number of pyridine rings is 1. The second kappa shape index (κ2) is 9.52. The lowest BCUT2D eigenvalue weighted by atomic mass is 10.1. The highest BCUT2D eigenvalue weighted by Gasteiger charge is 2.14. The van der Waals surface area contributed by atoms with Gasteiger partial charge in [-0.3, -0.25) is 9.78 Å². The summed E-state index contributed by atoms with van der Waals surface area (Å²) in [6.07, 6.45) is 1.69. The Kier molecular flexibility index (Phi) is 6.12. The molecular formula is C28H21ClN2O4. The number of nitrogens with zero attached hydrogens (tertiary/aromatic N) is 1. The fourth-order valence-corrected chi connectivity index (χ4v) is 4.15. The van der Waals surface area contributed by atoms with Crippen LogP contribution < -0.4 is 19.5 Å². The number of carbonyl (C=O) groups is 1. The van der Waals surface area contributed by atoms with Crippen LogP contribution in [0.4, 0.5) is 5.69 Å². The normalized spacial score (nSPS) is 10.8. The maximum Gasteiger partial charge on any atom is 0.257 e. The monoisotopic (exact) mass is 484 g/mol. The number of rotatable bonds is 6. The summed E-state index contributed by atoms with van der Waals surface area (Å²) in [5, 5.41) is 5.96. The average Bonchev–Trinajstić information content (AvgIpc) is 2.88. The van der Waals surface area contributed by atoms with E-state index in [0.29, 0.717) is 39.3 Å². The Morgan fingerprint density at radius 1 is 0.829 bits per heavy atom. The van der Waals surface area contributed by atoms with Crippen LogP contribution in [0, 0.1) is 0 Å². The molecule has 1 heterocycles. The summed E-state index contributed by atoms with van der Waals surface area (Å²) in [7, 11) is 3.18. The third-order valence-corrected chi connectivity index (χ3v) is 5.98. The third-order valence-electron chi connectivity index (χ3n) is 5.65. The SMILES string of the molecule is COc1cc2nccc(Oc3ccc4c(NC(=O)c5ccccc5Cl)cccc4c3)c2cc1OC. The molecule has 0 saturated heterocycles. The van der Waals surface area contributed by atoms with Crippen LogP contribution in [-0.2, 0) is 0 Å². The van der Waals surface area contributed by atoms with E-state index in [2.05, 4.69) is 10.3 Å². The molecular weight excluding hydrogens is 464 g/mol. The smallest absolute Gasteiger partial charge is 0.257 e. The average molecular weight is 485 g/mol. The van der Waals surface area contributed by atoms with Crippen LogP contribution in [0.3, 0.4) is 0 Å². The van der Waals surface area contributed by atoms with Gasteiger partial charge in [-0.25, -0.2) is 0 Å². The van der Waals surface area contributed by atoms with E-state index in [0.717, 1.165) is 21.7 Å². The highest BCUT2D eigenvalue weighted by Crippen LogP contribution is 2.37. The van der Waals surface area contributed by atoms with Crippen LogP contribution in [0.15, 0.2) is 85.1 Å². The number of methoxy groups -OCH3 is 2. The minimum atomic E-state index is -0.268. The Bertz CT molecular complexity index is 1570. The summed E-state index contributed by atoms with van der Waals surface area (Å²) in [6.45, 7) is 0. The summed E-state index contributed by atoms with van der Waals surface area (Å²) in [5.74, 6) is 2.21. The zero-order valence-corrected chi connectivity index (χ0v) is 19.8. The lowest BCUT2D eigenvalue weighted by Gasteiger charge is -2.13. The van der Waals surface area contributed by atoms with Gasteiger partial charge in [-0.15, -0.1) is 0 Å². The highest BCUT2D eigenvalue weighted by molar-refractivity contribution is 6.34. The van der Waals surface area contributed by atoms with Gasteiger partial charge in [0.1, 0.15) is 11.5 Å². The van der Waals surface area contributed by atoms with Crippen LogP contribution >= 0.6 is 11.6 Å². The topological polar surface area (TPSA) is 69.7 Å². The second-order valence-corrected chi connectivity index (χ2v) is 8.17. The fourth-order valence-electron chi connectivity index (χ4n) is 3.93. The maximum absolute atomic E-state index is 12.8. The number of hydrogen-bond donors (Lipinski definition) is 1. The first-order chi connectivity index (χ1) is 17.1. The molecule has 1 N–H and O–H groups in total. The van der Waals surface area contributed by atoms with E-state index in [9.17, 15) is 4.79 Å². The number of nitrogens with one attached hydrogen (secondary N) is 1. The van der Waals surface area contributed by atoms with Crippen molar-refractivity contribution in [3.05, 3.63) is 95.6 Å². The Hall–Kier alpha value is -4.29. The third kappa shape index (κ3) is 4.44. The van der Waals surface area contributed by atoms with Gasteiger partial charge >= 0.3 is 0 Å². The molecule has 174 valence electrons. The lowest BCUT2D eigenvalue weighted by Crippen LogP contribution is -2.12. The molecule has 0 spiro atoms. The van der Waals surface area contributed by atoms with E-state index in [1.165, 1.54) is 0 Å². The Labute approximate surface area is 207 Å². The highest BCUT2D eigenvalue weighted by atomic mass is 35.5. The molecule has 7 heteroatoms. The first-order valence-electron chi connectivity index (χ1n) is 10.8. The van der Waals surface area contributed by atoms with Gasteiger partial charge in [0.25, 0.3) is 5.91 Å². The van der Waals surface area contributed by atoms with Gasteiger partial charge in [0.15, 0.2) is 11.5 Å². The van der Waals surface area contributed by atoms with Crippen molar-refractivity contribution in [2.45, 2.75) is 0 Å². The van der Waals surface area contributed by atoms with E-state index < -0.39 is 0 Å². The number of benzene rings is 4. The molecule has 0 saturated carbocycles. The predicted molar refractivity (Wildman–Crippen MR) is 138 cm³/mol. The van der Waals surface area contributed by atoms with Gasteiger partial charge in [-0.05, 0) is 53.9 Å². The molecule has 0 unspecified atom stereocenters. The molecule has 0 aliphatic rings. The van der Waals surface area contributed by atoms with Crippen molar-refractivity contribution in [1.29, 1.82) is 0 Å². The molecule has 0 bridgehead atoms. The van der Waals surface area contributed by atoms with Gasteiger partial charge in [-0.1, -0.05) is 35.9 Å². The first kappa shape index (κ1) is 22.5. The number of carbonyl (C=O) groups excluding carboxylic acids is 1. The minimum absolute atomic E-state index is 0.268. The quantitative estimate of drug-likeness (QED) is 0.278. The zero-order valence-electron chi connectivity index (χ0n) is 19.0. The van der Waals surface area contributed by atoms with E-state index in [4.69, 9.17) is 25.8 Å². The molecule has 5 rings (SSSR count).